The number of nitrogen functional groups attached to an aromatic ring is 1. The number of nitrogens with one attached hydrogen (secondary N) is 2. The summed E-state index contributed by atoms with van der Waals surface area (Å²) in [6.07, 6.45) is 6.35. The van der Waals surface area contributed by atoms with E-state index in [1.807, 2.05) is 18.4 Å². The summed E-state index contributed by atoms with van der Waals surface area (Å²) >= 11 is 0. The van der Waals surface area contributed by atoms with Crippen molar-refractivity contribution in [2.24, 2.45) is 0 Å². The second kappa shape index (κ2) is 9.32. The highest BCUT2D eigenvalue weighted by Gasteiger charge is 2.18. The highest BCUT2D eigenvalue weighted by molar-refractivity contribution is 6.00. The summed E-state index contributed by atoms with van der Waals surface area (Å²) < 4.78 is 30.9. The summed E-state index contributed by atoms with van der Waals surface area (Å²) in [6.45, 7) is 4.00. The largest absolute Gasteiger partial charge is 0.383 e. The van der Waals surface area contributed by atoms with Crippen LogP contribution in [0.2, 0.25) is 0 Å². The molecule has 0 radical (unpaired) electrons. The fourth-order valence-electron chi connectivity index (χ4n) is 4.80. The summed E-state index contributed by atoms with van der Waals surface area (Å²) in [7, 11) is 0. The molecule has 0 aliphatic heterocycles. The Morgan fingerprint density at radius 1 is 0.949 bits per heavy atom. The molecule has 0 atom stereocenters. The second-order valence-corrected chi connectivity index (χ2v) is 9.44. The fourth-order valence-corrected chi connectivity index (χ4v) is 4.80. The lowest BCUT2D eigenvalue weighted by molar-refractivity contribution is 0.618. The van der Waals surface area contributed by atoms with E-state index in [4.69, 9.17) is 5.73 Å². The standard InChI is InChI=1S/C29H23F2N7O/c1-15(2)38-13-21(16-3-5-17(30)6-4-16)26(39)25-23(38)9-10-33-29(25)37-18-7-8-19(22(31)11-18)20-12-34-28-24(20)27(32)35-14-36-28/h3-15H,1-2H3,(H,33,37)(H3,32,34,35,36). The molecule has 0 fully saturated rings. The van der Waals surface area contributed by atoms with Crippen LogP contribution in [0.1, 0.15) is 19.9 Å². The minimum Gasteiger partial charge on any atom is -0.383 e. The van der Waals surface area contributed by atoms with Crippen molar-refractivity contribution in [1.82, 2.24) is 24.5 Å². The number of rotatable bonds is 5. The first-order chi connectivity index (χ1) is 18.8. The van der Waals surface area contributed by atoms with Crippen LogP contribution < -0.4 is 16.5 Å². The minimum atomic E-state index is -0.504. The van der Waals surface area contributed by atoms with E-state index in [2.05, 4.69) is 25.3 Å². The van der Waals surface area contributed by atoms with Gasteiger partial charge in [0.05, 0.1) is 16.3 Å². The van der Waals surface area contributed by atoms with Crippen LogP contribution >= 0.6 is 0 Å². The number of halogens is 2. The van der Waals surface area contributed by atoms with Crippen molar-refractivity contribution in [1.29, 1.82) is 0 Å². The first kappa shape index (κ1) is 24.2. The molecule has 0 unspecified atom stereocenters. The van der Waals surface area contributed by atoms with E-state index in [0.717, 1.165) is 0 Å². The first-order valence-electron chi connectivity index (χ1n) is 12.3. The van der Waals surface area contributed by atoms with E-state index < -0.39 is 5.82 Å². The van der Waals surface area contributed by atoms with Gasteiger partial charge in [0.2, 0.25) is 5.43 Å². The maximum Gasteiger partial charge on any atom is 0.200 e. The van der Waals surface area contributed by atoms with Crippen molar-refractivity contribution in [3.8, 4) is 22.3 Å². The number of H-pyrrole nitrogens is 1. The van der Waals surface area contributed by atoms with Crippen LogP contribution in [0.5, 0.6) is 0 Å². The number of pyridine rings is 2. The van der Waals surface area contributed by atoms with E-state index in [9.17, 15) is 9.18 Å². The van der Waals surface area contributed by atoms with Gasteiger partial charge in [0, 0.05) is 47.0 Å². The van der Waals surface area contributed by atoms with Gasteiger partial charge in [-0.05, 0) is 55.8 Å². The molecule has 4 heterocycles. The Morgan fingerprint density at radius 3 is 2.49 bits per heavy atom. The third-order valence-corrected chi connectivity index (χ3v) is 6.68. The maximum absolute atomic E-state index is 15.4. The summed E-state index contributed by atoms with van der Waals surface area (Å²) in [5.74, 6) is -0.360. The molecule has 0 amide bonds. The van der Waals surface area contributed by atoms with Crippen molar-refractivity contribution in [2.45, 2.75) is 19.9 Å². The lowest BCUT2D eigenvalue weighted by Gasteiger charge is -2.19. The molecular formula is C29H23F2N7O. The Balaban J connectivity index is 1.46. The predicted octanol–water partition coefficient (Wildman–Crippen LogP) is 6.19. The van der Waals surface area contributed by atoms with E-state index in [0.29, 0.717) is 49.9 Å². The van der Waals surface area contributed by atoms with Gasteiger partial charge in [0.1, 0.15) is 35.2 Å². The van der Waals surface area contributed by atoms with Crippen molar-refractivity contribution < 1.29 is 8.78 Å². The highest BCUT2D eigenvalue weighted by Crippen LogP contribution is 2.34. The number of anilines is 3. The number of aromatic amines is 1. The highest BCUT2D eigenvalue weighted by atomic mass is 19.1. The van der Waals surface area contributed by atoms with Crippen molar-refractivity contribution in [3.63, 3.8) is 0 Å². The van der Waals surface area contributed by atoms with Crippen LogP contribution in [0.15, 0.2) is 78.2 Å². The zero-order chi connectivity index (χ0) is 27.3. The van der Waals surface area contributed by atoms with Crippen LogP contribution in [0.25, 0.3) is 44.2 Å². The van der Waals surface area contributed by atoms with Gasteiger partial charge in [-0.1, -0.05) is 12.1 Å². The first-order valence-corrected chi connectivity index (χ1v) is 12.3. The molecule has 8 nitrogen and oxygen atoms in total. The lowest BCUT2D eigenvalue weighted by Crippen LogP contribution is -2.15. The molecule has 10 heteroatoms. The fraction of sp³-hybridized carbons (Fsp3) is 0.103. The molecule has 0 aliphatic carbocycles. The Morgan fingerprint density at radius 2 is 1.74 bits per heavy atom. The predicted molar refractivity (Wildman–Crippen MR) is 149 cm³/mol. The molecule has 6 aromatic rings. The molecule has 2 aromatic carbocycles. The van der Waals surface area contributed by atoms with E-state index in [1.165, 1.54) is 24.5 Å². The summed E-state index contributed by atoms with van der Waals surface area (Å²) in [5, 5.41) is 4.01. The van der Waals surface area contributed by atoms with E-state index in [1.54, 1.807) is 48.9 Å². The molecular weight excluding hydrogens is 500 g/mol. The molecule has 4 N–H and O–H groups in total. The summed E-state index contributed by atoms with van der Waals surface area (Å²) in [6, 6.07) is 12.2. The Kier molecular flexibility index (Phi) is 5.79. The molecule has 194 valence electrons. The molecule has 0 saturated carbocycles. The monoisotopic (exact) mass is 523 g/mol. The van der Waals surface area contributed by atoms with E-state index in [-0.39, 0.29) is 28.9 Å². The molecule has 4 aromatic heterocycles. The normalized spacial score (nSPS) is 11.5. The number of hydrogen-bond donors (Lipinski definition) is 3. The van der Waals surface area contributed by atoms with Gasteiger partial charge < -0.3 is 20.6 Å². The van der Waals surface area contributed by atoms with Gasteiger partial charge >= 0.3 is 0 Å². The van der Waals surface area contributed by atoms with Crippen LogP contribution in [0.3, 0.4) is 0 Å². The Bertz CT molecular complexity index is 1930. The smallest absolute Gasteiger partial charge is 0.200 e. The molecule has 0 aliphatic rings. The number of hydrogen-bond acceptors (Lipinski definition) is 6. The van der Waals surface area contributed by atoms with Crippen molar-refractivity contribution in [2.75, 3.05) is 11.1 Å². The van der Waals surface area contributed by atoms with Gasteiger partial charge in [-0.3, -0.25) is 4.79 Å². The van der Waals surface area contributed by atoms with Gasteiger partial charge in [0.25, 0.3) is 0 Å². The van der Waals surface area contributed by atoms with Crippen molar-refractivity contribution in [3.05, 3.63) is 95.3 Å². The van der Waals surface area contributed by atoms with Crippen LogP contribution in [-0.4, -0.2) is 24.5 Å². The number of aromatic nitrogens is 5. The zero-order valence-corrected chi connectivity index (χ0v) is 21.0. The molecule has 6 rings (SSSR count). The number of fused-ring (bicyclic) bond motifs is 2. The van der Waals surface area contributed by atoms with Gasteiger partial charge in [-0.2, -0.15) is 0 Å². The Hall–Kier alpha value is -5.12. The van der Waals surface area contributed by atoms with Crippen molar-refractivity contribution >= 4 is 39.3 Å². The summed E-state index contributed by atoms with van der Waals surface area (Å²) in [5.41, 5.74) is 9.20. The summed E-state index contributed by atoms with van der Waals surface area (Å²) in [4.78, 5) is 29.3. The second-order valence-electron chi connectivity index (χ2n) is 9.44. The zero-order valence-electron chi connectivity index (χ0n) is 21.0. The molecule has 0 bridgehead atoms. The third kappa shape index (κ3) is 4.15. The van der Waals surface area contributed by atoms with Gasteiger partial charge in [0.15, 0.2) is 0 Å². The van der Waals surface area contributed by atoms with Gasteiger partial charge in [-0.25, -0.2) is 23.7 Å². The average molecular weight is 524 g/mol. The SMILES string of the molecule is CC(C)n1cc(-c2ccc(F)cc2)c(=O)c2c(Nc3ccc(-c4c[nH]c5ncnc(N)c45)c(F)c3)nccc21. The minimum absolute atomic E-state index is 0.0202. The molecule has 0 saturated heterocycles. The van der Waals surface area contributed by atoms with E-state index >= 15 is 4.39 Å². The number of benzene rings is 2. The molecule has 0 spiro atoms. The molecule has 39 heavy (non-hydrogen) atoms. The van der Waals surface area contributed by atoms with Crippen LogP contribution in [0, 0.1) is 11.6 Å². The number of nitrogens with two attached hydrogens (primary N) is 1. The van der Waals surface area contributed by atoms with Crippen LogP contribution in [-0.2, 0) is 0 Å². The number of nitrogens with zero attached hydrogens (tertiary/aromatic N) is 4. The maximum atomic E-state index is 15.4. The van der Waals surface area contributed by atoms with Gasteiger partial charge in [-0.15, -0.1) is 0 Å². The topological polar surface area (TPSA) is 115 Å². The quantitative estimate of drug-likeness (QED) is 0.248. The average Bonchev–Trinajstić information content (AvgIpc) is 3.35. The third-order valence-electron chi connectivity index (χ3n) is 6.68. The lowest BCUT2D eigenvalue weighted by atomic mass is 10.0. The Labute approximate surface area is 221 Å². The van der Waals surface area contributed by atoms with Crippen LogP contribution in [0.4, 0.5) is 26.1 Å².